The van der Waals surface area contributed by atoms with Crippen molar-refractivity contribution < 1.29 is 13.9 Å². The van der Waals surface area contributed by atoms with Crippen LogP contribution in [-0.4, -0.2) is 5.97 Å². The summed E-state index contributed by atoms with van der Waals surface area (Å²) in [6, 6.07) is 18.8. The highest BCUT2D eigenvalue weighted by atomic mass is 35.5. The van der Waals surface area contributed by atoms with Crippen LogP contribution >= 0.6 is 23.2 Å². The minimum Gasteiger partial charge on any atom is -0.450 e. The Hall–Kier alpha value is -3.08. The quantitative estimate of drug-likeness (QED) is 0.362. The molecule has 0 unspecified atom stereocenters. The standard InChI is InChI=1S/C23H14Cl2O4/c1-13-7-5-6-10-16(13)23(27)29-22-19(26)17-11-15(24)12-18(25)21(17)28-20(22)14-8-3-2-4-9-14/h2-12H,1H3. The van der Waals surface area contributed by atoms with E-state index in [0.717, 1.165) is 5.56 Å². The SMILES string of the molecule is Cc1ccccc1C(=O)Oc1c(-c2ccccc2)oc2c(Cl)cc(Cl)cc2c1=O. The molecule has 0 radical (unpaired) electrons. The van der Waals surface area contributed by atoms with E-state index in [1.165, 1.54) is 12.1 Å². The van der Waals surface area contributed by atoms with Crippen molar-refractivity contribution in [2.45, 2.75) is 6.92 Å². The number of carbonyl (C=O) groups is 1. The summed E-state index contributed by atoms with van der Waals surface area (Å²) in [5.74, 6) is -0.746. The van der Waals surface area contributed by atoms with Gasteiger partial charge in [-0.3, -0.25) is 4.79 Å². The monoisotopic (exact) mass is 424 g/mol. The Labute approximate surface area is 176 Å². The molecule has 0 aliphatic carbocycles. The second-order valence-electron chi connectivity index (χ2n) is 6.42. The van der Waals surface area contributed by atoms with E-state index in [1.807, 2.05) is 12.1 Å². The van der Waals surface area contributed by atoms with Crippen molar-refractivity contribution in [2.75, 3.05) is 0 Å². The van der Waals surface area contributed by atoms with Crippen molar-refractivity contribution in [3.8, 4) is 17.1 Å². The van der Waals surface area contributed by atoms with Gasteiger partial charge in [-0.2, -0.15) is 0 Å². The van der Waals surface area contributed by atoms with Gasteiger partial charge in [0.1, 0.15) is 0 Å². The molecule has 0 N–H and O–H groups in total. The first-order valence-electron chi connectivity index (χ1n) is 8.75. The lowest BCUT2D eigenvalue weighted by molar-refractivity contribution is 0.0730. The summed E-state index contributed by atoms with van der Waals surface area (Å²) in [5, 5.41) is 0.603. The van der Waals surface area contributed by atoms with E-state index in [0.29, 0.717) is 11.1 Å². The molecule has 0 bridgehead atoms. The Kier molecular flexibility index (Phi) is 5.14. The van der Waals surface area contributed by atoms with Crippen LogP contribution in [0.4, 0.5) is 0 Å². The predicted molar refractivity (Wildman–Crippen MR) is 114 cm³/mol. The van der Waals surface area contributed by atoms with E-state index < -0.39 is 11.4 Å². The lowest BCUT2D eigenvalue weighted by Crippen LogP contribution is -2.17. The summed E-state index contributed by atoms with van der Waals surface area (Å²) in [6.45, 7) is 1.79. The molecule has 4 rings (SSSR count). The molecule has 0 spiro atoms. The van der Waals surface area contributed by atoms with Crippen LogP contribution < -0.4 is 10.2 Å². The Bertz CT molecular complexity index is 1290. The van der Waals surface area contributed by atoms with E-state index in [9.17, 15) is 9.59 Å². The Balaban J connectivity index is 1.96. The normalized spacial score (nSPS) is 10.9. The first-order chi connectivity index (χ1) is 14.0. The highest BCUT2D eigenvalue weighted by Crippen LogP contribution is 2.35. The number of esters is 1. The molecule has 4 nitrogen and oxygen atoms in total. The van der Waals surface area contributed by atoms with E-state index in [4.69, 9.17) is 32.4 Å². The molecular formula is C23H14Cl2O4. The molecular weight excluding hydrogens is 411 g/mol. The molecule has 0 saturated carbocycles. The number of rotatable bonds is 3. The van der Waals surface area contributed by atoms with Gasteiger partial charge in [-0.05, 0) is 30.7 Å². The fraction of sp³-hybridized carbons (Fsp3) is 0.0435. The number of carbonyl (C=O) groups excluding carboxylic acids is 1. The summed E-state index contributed by atoms with van der Waals surface area (Å²) in [4.78, 5) is 26.0. The van der Waals surface area contributed by atoms with Gasteiger partial charge in [0.25, 0.3) is 0 Å². The summed E-state index contributed by atoms with van der Waals surface area (Å²) in [7, 11) is 0. The maximum Gasteiger partial charge on any atom is 0.344 e. The number of benzene rings is 3. The number of aryl methyl sites for hydroxylation is 1. The third-order valence-corrected chi connectivity index (χ3v) is 4.96. The minimum absolute atomic E-state index is 0.120. The third kappa shape index (κ3) is 3.65. The second kappa shape index (κ2) is 7.74. The first-order valence-corrected chi connectivity index (χ1v) is 9.50. The number of hydrogen-bond donors (Lipinski definition) is 0. The molecule has 29 heavy (non-hydrogen) atoms. The zero-order chi connectivity index (χ0) is 20.5. The molecule has 0 amide bonds. The zero-order valence-corrected chi connectivity index (χ0v) is 16.8. The van der Waals surface area contributed by atoms with E-state index in [2.05, 4.69) is 0 Å². The van der Waals surface area contributed by atoms with Crippen LogP contribution in [0, 0.1) is 6.92 Å². The van der Waals surface area contributed by atoms with Crippen molar-refractivity contribution in [3.05, 3.63) is 98.1 Å². The Morgan fingerprint density at radius 1 is 0.966 bits per heavy atom. The third-order valence-electron chi connectivity index (χ3n) is 4.47. The Morgan fingerprint density at radius 3 is 2.38 bits per heavy atom. The van der Waals surface area contributed by atoms with E-state index in [-0.39, 0.29) is 32.5 Å². The molecule has 4 aromatic rings. The van der Waals surface area contributed by atoms with Crippen molar-refractivity contribution in [1.29, 1.82) is 0 Å². The molecule has 6 heteroatoms. The van der Waals surface area contributed by atoms with Crippen molar-refractivity contribution in [3.63, 3.8) is 0 Å². The highest BCUT2D eigenvalue weighted by molar-refractivity contribution is 6.38. The molecule has 144 valence electrons. The van der Waals surface area contributed by atoms with Crippen molar-refractivity contribution in [1.82, 2.24) is 0 Å². The smallest absolute Gasteiger partial charge is 0.344 e. The zero-order valence-electron chi connectivity index (χ0n) is 15.2. The number of fused-ring (bicyclic) bond motifs is 1. The second-order valence-corrected chi connectivity index (χ2v) is 7.27. The molecule has 0 saturated heterocycles. The van der Waals surface area contributed by atoms with E-state index >= 15 is 0 Å². The van der Waals surface area contributed by atoms with Gasteiger partial charge in [0.05, 0.1) is 16.0 Å². The molecule has 1 aromatic heterocycles. The van der Waals surface area contributed by atoms with Gasteiger partial charge in [-0.25, -0.2) is 4.79 Å². The maximum absolute atomic E-state index is 13.2. The maximum atomic E-state index is 13.2. The van der Waals surface area contributed by atoms with Gasteiger partial charge in [-0.15, -0.1) is 0 Å². The van der Waals surface area contributed by atoms with Crippen LogP contribution in [0.25, 0.3) is 22.3 Å². The lowest BCUT2D eigenvalue weighted by atomic mass is 10.1. The average molecular weight is 425 g/mol. The number of halogens is 2. The molecule has 0 aliphatic heterocycles. The molecule has 0 aliphatic rings. The van der Waals surface area contributed by atoms with Crippen LogP contribution in [0.2, 0.25) is 10.0 Å². The van der Waals surface area contributed by atoms with Crippen molar-refractivity contribution >= 4 is 40.1 Å². The number of hydrogen-bond acceptors (Lipinski definition) is 4. The van der Waals surface area contributed by atoms with Crippen LogP contribution in [0.15, 0.2) is 75.9 Å². The van der Waals surface area contributed by atoms with Gasteiger partial charge < -0.3 is 9.15 Å². The summed E-state index contributed by atoms with van der Waals surface area (Å²) in [6.07, 6.45) is 0. The molecule has 0 fully saturated rings. The van der Waals surface area contributed by atoms with Gasteiger partial charge in [-0.1, -0.05) is 71.7 Å². The highest BCUT2D eigenvalue weighted by Gasteiger charge is 2.23. The summed E-state index contributed by atoms with van der Waals surface area (Å²) >= 11 is 12.3. The van der Waals surface area contributed by atoms with Crippen LogP contribution in [0.1, 0.15) is 15.9 Å². The van der Waals surface area contributed by atoms with E-state index in [1.54, 1.807) is 49.4 Å². The number of ether oxygens (including phenoxy) is 1. The van der Waals surface area contributed by atoms with Gasteiger partial charge >= 0.3 is 5.97 Å². The molecule has 0 atom stereocenters. The topological polar surface area (TPSA) is 56.5 Å². The summed E-state index contributed by atoms with van der Waals surface area (Å²) < 4.78 is 11.5. The summed E-state index contributed by atoms with van der Waals surface area (Å²) in [5.41, 5.74) is 1.31. The average Bonchev–Trinajstić information content (AvgIpc) is 2.71. The first kappa shape index (κ1) is 19.2. The van der Waals surface area contributed by atoms with Crippen LogP contribution in [0.5, 0.6) is 5.75 Å². The Morgan fingerprint density at radius 2 is 1.66 bits per heavy atom. The fourth-order valence-electron chi connectivity index (χ4n) is 3.03. The van der Waals surface area contributed by atoms with Gasteiger partial charge in [0.15, 0.2) is 11.3 Å². The van der Waals surface area contributed by atoms with Gasteiger partial charge in [0.2, 0.25) is 11.2 Å². The van der Waals surface area contributed by atoms with Crippen LogP contribution in [0.3, 0.4) is 0 Å². The van der Waals surface area contributed by atoms with Gasteiger partial charge in [0, 0.05) is 10.6 Å². The largest absolute Gasteiger partial charge is 0.450 e. The van der Waals surface area contributed by atoms with Crippen LogP contribution in [-0.2, 0) is 0 Å². The lowest BCUT2D eigenvalue weighted by Gasteiger charge is -2.12. The minimum atomic E-state index is -0.653. The van der Waals surface area contributed by atoms with Crippen molar-refractivity contribution in [2.24, 2.45) is 0 Å². The predicted octanol–water partition coefficient (Wildman–Crippen LogP) is 6.29. The molecule has 1 heterocycles. The molecule has 3 aromatic carbocycles. The fourth-order valence-corrected chi connectivity index (χ4v) is 3.56.